The highest BCUT2D eigenvalue weighted by Crippen LogP contribution is 2.14. The molecule has 0 spiro atoms. The van der Waals surface area contributed by atoms with Crippen molar-refractivity contribution in [1.82, 2.24) is 4.90 Å². The van der Waals surface area contributed by atoms with Crippen molar-refractivity contribution in [1.29, 1.82) is 0 Å². The highest BCUT2D eigenvalue weighted by Gasteiger charge is 2.32. The lowest BCUT2D eigenvalue weighted by atomic mass is 10.4. The van der Waals surface area contributed by atoms with Crippen LogP contribution in [0.2, 0.25) is 0 Å². The number of thiol groups is 1. The number of hydrogen-bond acceptors (Lipinski definition) is 3. The molecule has 0 N–H and O–H groups in total. The molecule has 0 aromatic rings. The molecule has 0 bridgehead atoms. The zero-order valence-electron chi connectivity index (χ0n) is 7.70. The Kier molecular flexibility index (Phi) is 4.97. The van der Waals surface area contributed by atoms with Gasteiger partial charge in [-0.1, -0.05) is 20.3 Å². The van der Waals surface area contributed by atoms with Gasteiger partial charge in [0, 0.05) is 13.5 Å². The fraction of sp³-hybridized carbons (Fsp3) is 0.750. The average molecular weight is 189 g/mol. The van der Waals surface area contributed by atoms with Gasteiger partial charge in [0.2, 0.25) is 11.8 Å². The van der Waals surface area contributed by atoms with Crippen molar-refractivity contribution in [2.45, 2.75) is 31.9 Å². The van der Waals surface area contributed by atoms with Crippen LogP contribution in [0.3, 0.4) is 0 Å². The molecule has 1 aliphatic rings. The summed E-state index contributed by atoms with van der Waals surface area (Å²) in [6.45, 7) is 4.25. The molecule has 2 amide bonds. The first kappa shape index (κ1) is 11.5. The molecule has 0 aromatic heterocycles. The standard InChI is InChI=1S/C5H7NO2S.C3H8/c1-6-4(7)2-3(9)5(6)8;1-3-2/h3,9H,2H2,1H3;3H2,1-2H3. The van der Waals surface area contributed by atoms with Crippen LogP contribution in [0.4, 0.5) is 0 Å². The van der Waals surface area contributed by atoms with Gasteiger partial charge in [-0.05, 0) is 0 Å². The van der Waals surface area contributed by atoms with Crippen LogP contribution in [0, 0.1) is 0 Å². The third-order valence-electron chi connectivity index (χ3n) is 1.36. The second kappa shape index (κ2) is 5.19. The SMILES string of the molecule is CCC.CN1C(=O)CC(S)C1=O. The third-order valence-corrected chi connectivity index (χ3v) is 1.76. The van der Waals surface area contributed by atoms with Crippen LogP contribution in [0.5, 0.6) is 0 Å². The Morgan fingerprint density at radius 1 is 1.50 bits per heavy atom. The van der Waals surface area contributed by atoms with Crippen LogP contribution >= 0.6 is 12.6 Å². The van der Waals surface area contributed by atoms with Gasteiger partial charge in [0.15, 0.2) is 0 Å². The third kappa shape index (κ3) is 2.85. The smallest absolute Gasteiger partial charge is 0.242 e. The van der Waals surface area contributed by atoms with Crippen molar-refractivity contribution in [3.63, 3.8) is 0 Å². The molecule has 1 saturated heterocycles. The maximum atomic E-state index is 10.7. The Balaban J connectivity index is 0.000000354. The topological polar surface area (TPSA) is 37.4 Å². The normalized spacial score (nSPS) is 22.3. The van der Waals surface area contributed by atoms with Crippen molar-refractivity contribution < 1.29 is 9.59 Å². The molecule has 0 aliphatic carbocycles. The van der Waals surface area contributed by atoms with E-state index in [1.807, 2.05) is 0 Å². The summed E-state index contributed by atoms with van der Waals surface area (Å²) in [6.07, 6.45) is 1.50. The van der Waals surface area contributed by atoms with Crippen LogP contribution < -0.4 is 0 Å². The first-order valence-electron chi connectivity index (χ1n) is 4.03. The van der Waals surface area contributed by atoms with Gasteiger partial charge in [-0.3, -0.25) is 14.5 Å². The van der Waals surface area contributed by atoms with Crippen molar-refractivity contribution >= 4 is 24.4 Å². The fourth-order valence-corrected chi connectivity index (χ4v) is 1.07. The lowest BCUT2D eigenvalue weighted by Crippen LogP contribution is -2.25. The minimum atomic E-state index is -0.400. The average Bonchev–Trinajstić information content (AvgIpc) is 2.20. The van der Waals surface area contributed by atoms with Gasteiger partial charge >= 0.3 is 0 Å². The zero-order chi connectivity index (χ0) is 9.72. The summed E-state index contributed by atoms with van der Waals surface area (Å²) in [7, 11) is 1.47. The summed E-state index contributed by atoms with van der Waals surface area (Å²) in [5.74, 6) is -0.330. The molecule has 0 saturated carbocycles. The van der Waals surface area contributed by atoms with Crippen molar-refractivity contribution in [2.24, 2.45) is 0 Å². The van der Waals surface area contributed by atoms with E-state index < -0.39 is 5.25 Å². The van der Waals surface area contributed by atoms with Gasteiger partial charge in [0.05, 0.1) is 5.25 Å². The zero-order valence-corrected chi connectivity index (χ0v) is 8.60. The molecular formula is C8H15NO2S. The second-order valence-corrected chi connectivity index (χ2v) is 3.34. The Morgan fingerprint density at radius 2 is 1.92 bits per heavy atom. The van der Waals surface area contributed by atoms with Crippen LogP contribution in [-0.2, 0) is 9.59 Å². The minimum Gasteiger partial charge on any atom is -0.285 e. The Bertz CT molecular complexity index is 182. The molecule has 1 aliphatic heterocycles. The molecular weight excluding hydrogens is 174 g/mol. The van der Waals surface area contributed by atoms with E-state index >= 15 is 0 Å². The Hall–Kier alpha value is -0.510. The number of likely N-dealkylation sites (tertiary alicyclic amines) is 1. The van der Waals surface area contributed by atoms with E-state index in [1.165, 1.54) is 13.5 Å². The second-order valence-electron chi connectivity index (χ2n) is 2.72. The van der Waals surface area contributed by atoms with E-state index in [2.05, 4.69) is 26.5 Å². The Morgan fingerprint density at radius 3 is 2.00 bits per heavy atom. The number of hydrogen-bond donors (Lipinski definition) is 1. The summed E-state index contributed by atoms with van der Waals surface area (Å²) >= 11 is 3.89. The van der Waals surface area contributed by atoms with E-state index in [4.69, 9.17) is 0 Å². The first-order valence-corrected chi connectivity index (χ1v) is 4.54. The number of rotatable bonds is 0. The molecule has 0 radical (unpaired) electrons. The van der Waals surface area contributed by atoms with Crippen LogP contribution in [0.1, 0.15) is 26.7 Å². The number of carbonyl (C=O) groups is 2. The lowest BCUT2D eigenvalue weighted by Gasteiger charge is -2.02. The van der Waals surface area contributed by atoms with E-state index in [9.17, 15) is 9.59 Å². The predicted molar refractivity (Wildman–Crippen MR) is 51.1 cm³/mol. The van der Waals surface area contributed by atoms with E-state index in [-0.39, 0.29) is 18.2 Å². The molecule has 3 nitrogen and oxygen atoms in total. The van der Waals surface area contributed by atoms with Crippen molar-refractivity contribution in [3.8, 4) is 0 Å². The molecule has 70 valence electrons. The highest BCUT2D eigenvalue weighted by atomic mass is 32.1. The molecule has 12 heavy (non-hydrogen) atoms. The minimum absolute atomic E-state index is 0.139. The molecule has 1 rings (SSSR count). The number of imide groups is 1. The van der Waals surface area contributed by atoms with Gasteiger partial charge in [-0.25, -0.2) is 0 Å². The summed E-state index contributed by atoms with van der Waals surface area (Å²) in [5.41, 5.74) is 0. The van der Waals surface area contributed by atoms with Gasteiger partial charge in [-0.2, -0.15) is 12.6 Å². The number of amides is 2. The molecule has 4 heteroatoms. The van der Waals surface area contributed by atoms with E-state index in [0.29, 0.717) is 0 Å². The molecule has 1 heterocycles. The molecule has 1 unspecified atom stereocenters. The summed E-state index contributed by atoms with van der Waals surface area (Å²) < 4.78 is 0. The van der Waals surface area contributed by atoms with Crippen molar-refractivity contribution in [2.75, 3.05) is 7.05 Å². The van der Waals surface area contributed by atoms with Gasteiger partial charge in [0.1, 0.15) is 0 Å². The maximum Gasteiger partial charge on any atom is 0.242 e. The molecule has 1 fully saturated rings. The number of nitrogens with zero attached hydrogens (tertiary/aromatic N) is 1. The first-order chi connectivity index (χ1) is 5.54. The fourth-order valence-electron chi connectivity index (χ4n) is 0.736. The van der Waals surface area contributed by atoms with Gasteiger partial charge < -0.3 is 0 Å². The monoisotopic (exact) mass is 189 g/mol. The summed E-state index contributed by atoms with van der Waals surface area (Å²) in [5, 5.41) is -0.400. The maximum absolute atomic E-state index is 10.7. The number of carbonyl (C=O) groups excluding carboxylic acids is 2. The van der Waals surface area contributed by atoms with E-state index in [0.717, 1.165) is 4.90 Å². The lowest BCUT2D eigenvalue weighted by molar-refractivity contribution is -0.136. The van der Waals surface area contributed by atoms with E-state index in [1.54, 1.807) is 0 Å². The van der Waals surface area contributed by atoms with Crippen LogP contribution in [0.15, 0.2) is 0 Å². The molecule has 1 atom stereocenters. The van der Waals surface area contributed by atoms with Crippen LogP contribution in [0.25, 0.3) is 0 Å². The van der Waals surface area contributed by atoms with Gasteiger partial charge in [0.25, 0.3) is 0 Å². The molecule has 0 aromatic carbocycles. The summed E-state index contributed by atoms with van der Waals surface area (Å²) in [6, 6.07) is 0. The highest BCUT2D eigenvalue weighted by molar-refractivity contribution is 7.81. The quantitative estimate of drug-likeness (QED) is 0.457. The predicted octanol–water partition coefficient (Wildman–Crippen LogP) is 1.09. The largest absolute Gasteiger partial charge is 0.285 e. The van der Waals surface area contributed by atoms with Crippen LogP contribution in [-0.4, -0.2) is 29.0 Å². The van der Waals surface area contributed by atoms with Gasteiger partial charge in [-0.15, -0.1) is 0 Å². The summed E-state index contributed by atoms with van der Waals surface area (Å²) in [4.78, 5) is 22.5. The Labute approximate surface area is 78.5 Å². The van der Waals surface area contributed by atoms with Crippen molar-refractivity contribution in [3.05, 3.63) is 0 Å².